The van der Waals surface area contributed by atoms with Crippen molar-refractivity contribution in [1.82, 2.24) is 4.90 Å². The largest absolute Gasteiger partial charge is 0.293 e. The van der Waals surface area contributed by atoms with E-state index in [-0.39, 0.29) is 5.91 Å². The lowest BCUT2D eigenvalue weighted by atomic mass is 10.2. The van der Waals surface area contributed by atoms with E-state index in [0.29, 0.717) is 18.8 Å². The van der Waals surface area contributed by atoms with Crippen molar-refractivity contribution in [3.63, 3.8) is 0 Å². The molecule has 0 atom stereocenters. The summed E-state index contributed by atoms with van der Waals surface area (Å²) in [6.45, 7) is 4.80. The van der Waals surface area contributed by atoms with Gasteiger partial charge in [0.1, 0.15) is 11.5 Å². The average molecular weight is 255 g/mol. The van der Waals surface area contributed by atoms with Gasteiger partial charge in [-0.05, 0) is 19.4 Å². The Kier molecular flexibility index (Phi) is 4.23. The van der Waals surface area contributed by atoms with Gasteiger partial charge in [0.05, 0.1) is 6.54 Å². The number of aliphatic imine (C=N–C) groups is 2. The smallest absolute Gasteiger partial charge is 0.277 e. The van der Waals surface area contributed by atoms with E-state index >= 15 is 0 Å². The van der Waals surface area contributed by atoms with Gasteiger partial charge in [0.2, 0.25) is 0 Å². The fourth-order valence-corrected chi connectivity index (χ4v) is 1.89. The summed E-state index contributed by atoms with van der Waals surface area (Å²) in [4.78, 5) is 22.1. The highest BCUT2D eigenvalue weighted by molar-refractivity contribution is 6.11. The van der Waals surface area contributed by atoms with Gasteiger partial charge in [0, 0.05) is 12.8 Å². The number of hydrogen-bond donors (Lipinski definition) is 0. The van der Waals surface area contributed by atoms with Gasteiger partial charge in [0.15, 0.2) is 0 Å². The Morgan fingerprint density at radius 1 is 1.32 bits per heavy atom. The van der Waals surface area contributed by atoms with Crippen LogP contribution in [0.3, 0.4) is 0 Å². The third-order valence-electron chi connectivity index (χ3n) is 2.90. The lowest BCUT2D eigenvalue weighted by molar-refractivity contribution is -0.122. The van der Waals surface area contributed by atoms with Crippen LogP contribution in [0.15, 0.2) is 52.1 Å². The summed E-state index contributed by atoms with van der Waals surface area (Å²) in [7, 11) is 0. The maximum atomic E-state index is 11.9. The van der Waals surface area contributed by atoms with Crippen LogP contribution < -0.4 is 0 Å². The molecular weight excluding hydrogens is 238 g/mol. The number of carbonyl (C=O) groups excluding carboxylic acids is 1. The van der Waals surface area contributed by atoms with Crippen molar-refractivity contribution in [2.24, 2.45) is 9.98 Å². The monoisotopic (exact) mass is 255 g/mol. The molecule has 1 aromatic carbocycles. The molecule has 0 aliphatic carbocycles. The average Bonchev–Trinajstić information content (AvgIpc) is 2.71. The highest BCUT2D eigenvalue weighted by Crippen LogP contribution is 2.13. The Hall–Kier alpha value is -2.23. The van der Waals surface area contributed by atoms with E-state index < -0.39 is 0 Å². The van der Waals surface area contributed by atoms with E-state index in [1.807, 2.05) is 50.4 Å². The zero-order valence-electron chi connectivity index (χ0n) is 11.2. The molecule has 1 heterocycles. The summed E-state index contributed by atoms with van der Waals surface area (Å²) in [6.07, 6.45) is 3.56. The zero-order chi connectivity index (χ0) is 13.7. The van der Waals surface area contributed by atoms with Gasteiger partial charge in [-0.2, -0.15) is 0 Å². The van der Waals surface area contributed by atoms with Crippen LogP contribution in [-0.2, 0) is 4.79 Å². The van der Waals surface area contributed by atoms with Crippen LogP contribution in [0.1, 0.15) is 19.4 Å². The number of amides is 1. The lowest BCUT2D eigenvalue weighted by Crippen LogP contribution is -2.32. The highest BCUT2D eigenvalue weighted by Gasteiger charge is 2.25. The molecule has 4 nitrogen and oxygen atoms in total. The molecule has 0 fully saturated rings. The second-order valence-corrected chi connectivity index (χ2v) is 4.24. The Bertz CT molecular complexity index is 542. The molecule has 98 valence electrons. The molecule has 19 heavy (non-hydrogen) atoms. The van der Waals surface area contributed by atoms with Gasteiger partial charge < -0.3 is 0 Å². The molecule has 0 spiro atoms. The third kappa shape index (κ3) is 3.16. The van der Waals surface area contributed by atoms with Crippen molar-refractivity contribution in [2.75, 3.05) is 13.1 Å². The van der Waals surface area contributed by atoms with Gasteiger partial charge in [-0.25, -0.2) is 4.99 Å². The first-order valence-electron chi connectivity index (χ1n) is 6.30. The number of hydrogen-bond acceptors (Lipinski definition) is 3. The van der Waals surface area contributed by atoms with E-state index in [0.717, 1.165) is 11.4 Å². The SMILES string of the molecule is C/C=C1\N=C(C)N(CCN=Cc2ccccc2)C1=O. The van der Waals surface area contributed by atoms with Gasteiger partial charge in [-0.1, -0.05) is 36.4 Å². The maximum Gasteiger partial charge on any atom is 0.277 e. The van der Waals surface area contributed by atoms with Crippen molar-refractivity contribution >= 4 is 18.0 Å². The van der Waals surface area contributed by atoms with E-state index in [9.17, 15) is 4.79 Å². The molecule has 0 saturated carbocycles. The molecule has 2 rings (SSSR count). The molecule has 4 heteroatoms. The molecule has 0 N–H and O–H groups in total. The molecule has 0 saturated heterocycles. The highest BCUT2D eigenvalue weighted by atomic mass is 16.2. The van der Waals surface area contributed by atoms with Crippen LogP contribution in [0.5, 0.6) is 0 Å². The minimum absolute atomic E-state index is 0.0325. The minimum atomic E-state index is -0.0325. The zero-order valence-corrected chi connectivity index (χ0v) is 11.2. The van der Waals surface area contributed by atoms with Crippen molar-refractivity contribution < 1.29 is 4.79 Å². The predicted octanol–water partition coefficient (Wildman–Crippen LogP) is 2.27. The Morgan fingerprint density at radius 2 is 2.05 bits per heavy atom. The molecule has 0 unspecified atom stereocenters. The second-order valence-electron chi connectivity index (χ2n) is 4.24. The lowest BCUT2D eigenvalue weighted by Gasteiger charge is -2.13. The van der Waals surface area contributed by atoms with Gasteiger partial charge in [-0.15, -0.1) is 0 Å². The number of benzene rings is 1. The van der Waals surface area contributed by atoms with E-state index in [4.69, 9.17) is 0 Å². The Balaban J connectivity index is 1.89. The van der Waals surface area contributed by atoms with Gasteiger partial charge in [-0.3, -0.25) is 14.7 Å². The minimum Gasteiger partial charge on any atom is -0.293 e. The van der Waals surface area contributed by atoms with Gasteiger partial charge >= 0.3 is 0 Å². The number of carbonyl (C=O) groups is 1. The number of nitrogens with zero attached hydrogens (tertiary/aromatic N) is 3. The summed E-state index contributed by atoms with van der Waals surface area (Å²) in [5.74, 6) is 0.711. The standard InChI is InChI=1S/C15H17N3O/c1-3-14-15(19)18(12(2)17-14)10-9-16-11-13-7-5-4-6-8-13/h3-8,11H,9-10H2,1-2H3/b14-3-,16-11?. The summed E-state index contributed by atoms with van der Waals surface area (Å²) >= 11 is 0. The van der Waals surface area contributed by atoms with Crippen molar-refractivity contribution in [1.29, 1.82) is 0 Å². The van der Waals surface area contributed by atoms with Crippen LogP contribution in [0.2, 0.25) is 0 Å². The first-order valence-corrected chi connectivity index (χ1v) is 6.30. The van der Waals surface area contributed by atoms with Crippen molar-refractivity contribution in [2.45, 2.75) is 13.8 Å². The molecule has 0 aromatic heterocycles. The molecule has 1 aliphatic rings. The normalized spacial score (nSPS) is 17.6. The summed E-state index contributed by atoms with van der Waals surface area (Å²) < 4.78 is 0. The van der Waals surface area contributed by atoms with Crippen molar-refractivity contribution in [3.8, 4) is 0 Å². The Labute approximate surface area is 113 Å². The van der Waals surface area contributed by atoms with Crippen molar-refractivity contribution in [3.05, 3.63) is 47.7 Å². The van der Waals surface area contributed by atoms with E-state index in [1.165, 1.54) is 0 Å². The molecule has 0 bridgehead atoms. The number of rotatable bonds is 4. The van der Waals surface area contributed by atoms with E-state index in [1.54, 1.807) is 11.0 Å². The topological polar surface area (TPSA) is 45.0 Å². The first kappa shape index (κ1) is 13.2. The first-order chi connectivity index (χ1) is 9.22. The maximum absolute atomic E-state index is 11.9. The third-order valence-corrected chi connectivity index (χ3v) is 2.90. The second kappa shape index (κ2) is 6.09. The summed E-state index contributed by atoms with van der Waals surface area (Å²) in [5.41, 5.74) is 1.58. The van der Waals surface area contributed by atoms with Crippen LogP contribution in [0.25, 0.3) is 0 Å². The fraction of sp³-hybridized carbons (Fsp3) is 0.267. The van der Waals surface area contributed by atoms with Crippen LogP contribution in [0.4, 0.5) is 0 Å². The van der Waals surface area contributed by atoms with Crippen LogP contribution in [0, 0.1) is 0 Å². The van der Waals surface area contributed by atoms with Crippen LogP contribution in [-0.4, -0.2) is 35.9 Å². The molecule has 1 aromatic rings. The molecular formula is C15H17N3O. The number of allylic oxidation sites excluding steroid dienone is 1. The molecule has 0 radical (unpaired) electrons. The summed E-state index contributed by atoms with van der Waals surface area (Å²) in [6, 6.07) is 9.91. The van der Waals surface area contributed by atoms with E-state index in [2.05, 4.69) is 9.98 Å². The van der Waals surface area contributed by atoms with Gasteiger partial charge in [0.25, 0.3) is 5.91 Å². The Morgan fingerprint density at radius 3 is 2.68 bits per heavy atom. The molecule has 1 aliphatic heterocycles. The molecule has 1 amide bonds. The number of amidine groups is 1. The van der Waals surface area contributed by atoms with Crippen LogP contribution >= 0.6 is 0 Å². The summed E-state index contributed by atoms with van der Waals surface area (Å²) in [5, 5.41) is 0. The fourth-order valence-electron chi connectivity index (χ4n) is 1.89. The predicted molar refractivity (Wildman–Crippen MR) is 77.5 cm³/mol. The quantitative estimate of drug-likeness (QED) is 0.601.